The minimum atomic E-state index is -0.904. The van der Waals surface area contributed by atoms with Gasteiger partial charge in [-0.1, -0.05) is 74.0 Å². The second kappa shape index (κ2) is 9.41. The summed E-state index contributed by atoms with van der Waals surface area (Å²) in [5.41, 5.74) is 2.13. The van der Waals surface area contributed by atoms with Crippen LogP contribution >= 0.6 is 0 Å². The van der Waals surface area contributed by atoms with Gasteiger partial charge >= 0.3 is 0 Å². The zero-order valence-electron chi connectivity index (χ0n) is 17.2. The zero-order chi connectivity index (χ0) is 20.9. The lowest BCUT2D eigenvalue weighted by Gasteiger charge is -2.38. The van der Waals surface area contributed by atoms with Crippen molar-refractivity contribution in [2.45, 2.75) is 57.3 Å². The van der Waals surface area contributed by atoms with Crippen LogP contribution in [0.15, 0.2) is 60.7 Å². The molecule has 0 aliphatic carbocycles. The fourth-order valence-corrected chi connectivity index (χ4v) is 4.03. The summed E-state index contributed by atoms with van der Waals surface area (Å²) in [4.78, 5) is 27.8. The SMILES string of the molecule is CCCCNC(=O)[C@@H]1O[C@H]2O[C@@H]1C(=O)N(Cc1ccccc1)[C@H]2Cc1ccccc1. The highest BCUT2D eigenvalue weighted by Gasteiger charge is 2.55. The van der Waals surface area contributed by atoms with Gasteiger partial charge in [-0.3, -0.25) is 9.59 Å². The standard InChI is InChI=1S/C24H28N2O4/c1-2-3-14-25-22(27)20-21-23(28)26(16-18-12-8-5-9-13-18)19(24(29-20)30-21)15-17-10-6-4-7-11-17/h4-13,19-21,24H,2-3,14-16H2,1H3,(H,25,27)/t19-,20+,21-,24-/m0/s1. The van der Waals surface area contributed by atoms with Crippen molar-refractivity contribution in [1.29, 1.82) is 0 Å². The van der Waals surface area contributed by atoms with Crippen LogP contribution in [-0.4, -0.2) is 47.8 Å². The van der Waals surface area contributed by atoms with Gasteiger partial charge in [-0.25, -0.2) is 0 Å². The normalized spacial score (nSPS) is 25.4. The lowest BCUT2D eigenvalue weighted by Crippen LogP contribution is -2.56. The van der Waals surface area contributed by atoms with Gasteiger partial charge in [-0.05, 0) is 24.0 Å². The molecular weight excluding hydrogens is 380 g/mol. The van der Waals surface area contributed by atoms with Crippen LogP contribution in [0.2, 0.25) is 0 Å². The number of hydrogen-bond acceptors (Lipinski definition) is 4. The Morgan fingerprint density at radius 2 is 1.67 bits per heavy atom. The van der Waals surface area contributed by atoms with Gasteiger partial charge in [0, 0.05) is 13.1 Å². The summed E-state index contributed by atoms with van der Waals surface area (Å²) < 4.78 is 11.9. The van der Waals surface area contributed by atoms with Crippen molar-refractivity contribution in [2.24, 2.45) is 0 Å². The predicted molar refractivity (Wildman–Crippen MR) is 112 cm³/mol. The maximum absolute atomic E-state index is 13.4. The highest BCUT2D eigenvalue weighted by molar-refractivity contribution is 5.92. The minimum absolute atomic E-state index is 0.191. The summed E-state index contributed by atoms with van der Waals surface area (Å²) in [6.07, 6.45) is 0.0421. The maximum atomic E-state index is 13.4. The van der Waals surface area contributed by atoms with E-state index in [1.807, 2.05) is 65.6 Å². The number of carbonyl (C=O) groups excluding carboxylic acids is 2. The average molecular weight is 408 g/mol. The molecule has 4 rings (SSSR count). The summed E-state index contributed by atoms with van der Waals surface area (Å²) in [5, 5.41) is 2.87. The van der Waals surface area contributed by atoms with Crippen molar-refractivity contribution < 1.29 is 19.1 Å². The summed E-state index contributed by atoms with van der Waals surface area (Å²) in [6.45, 7) is 3.09. The van der Waals surface area contributed by atoms with Crippen LogP contribution in [0.4, 0.5) is 0 Å². The van der Waals surface area contributed by atoms with Gasteiger partial charge in [0.05, 0.1) is 6.04 Å². The molecule has 0 aromatic heterocycles. The number of rotatable bonds is 8. The Bertz CT molecular complexity index is 858. The second-order valence-electron chi connectivity index (χ2n) is 7.84. The van der Waals surface area contributed by atoms with Crippen LogP contribution in [0.5, 0.6) is 0 Å². The first-order valence-corrected chi connectivity index (χ1v) is 10.6. The van der Waals surface area contributed by atoms with Gasteiger partial charge in [0.25, 0.3) is 11.8 Å². The summed E-state index contributed by atoms with van der Waals surface area (Å²) in [5.74, 6) is -0.464. The highest BCUT2D eigenvalue weighted by Crippen LogP contribution is 2.34. The molecular formula is C24H28N2O4. The first-order valence-electron chi connectivity index (χ1n) is 10.6. The fraction of sp³-hybridized carbons (Fsp3) is 0.417. The monoisotopic (exact) mass is 408 g/mol. The Hall–Kier alpha value is -2.70. The van der Waals surface area contributed by atoms with Crippen LogP contribution in [0.3, 0.4) is 0 Å². The van der Waals surface area contributed by atoms with E-state index in [2.05, 4.69) is 12.2 Å². The topological polar surface area (TPSA) is 67.9 Å². The number of morpholine rings is 1. The molecule has 158 valence electrons. The number of carbonyl (C=O) groups is 2. The number of benzene rings is 2. The van der Waals surface area contributed by atoms with Crippen molar-refractivity contribution in [1.82, 2.24) is 10.2 Å². The number of nitrogens with zero attached hydrogens (tertiary/aromatic N) is 1. The molecule has 0 unspecified atom stereocenters. The summed E-state index contributed by atoms with van der Waals surface area (Å²) >= 11 is 0. The van der Waals surface area contributed by atoms with Crippen LogP contribution in [0.25, 0.3) is 0 Å². The van der Waals surface area contributed by atoms with Crippen molar-refractivity contribution >= 4 is 11.8 Å². The van der Waals surface area contributed by atoms with Gasteiger partial charge in [0.1, 0.15) is 0 Å². The van der Waals surface area contributed by atoms with E-state index in [9.17, 15) is 9.59 Å². The minimum Gasteiger partial charge on any atom is -0.354 e. The molecule has 2 aromatic carbocycles. The third-order valence-electron chi connectivity index (χ3n) is 5.65. The Morgan fingerprint density at radius 1 is 1.00 bits per heavy atom. The van der Waals surface area contributed by atoms with Gasteiger partial charge in [-0.15, -0.1) is 0 Å². The highest BCUT2D eigenvalue weighted by atomic mass is 16.7. The molecule has 2 amide bonds. The maximum Gasteiger partial charge on any atom is 0.255 e. The van der Waals surface area contributed by atoms with Crippen LogP contribution in [-0.2, 0) is 32.0 Å². The van der Waals surface area contributed by atoms with Crippen LogP contribution < -0.4 is 5.32 Å². The smallest absolute Gasteiger partial charge is 0.255 e. The van der Waals surface area contributed by atoms with E-state index in [0.717, 1.165) is 24.0 Å². The third-order valence-corrected chi connectivity index (χ3v) is 5.65. The molecule has 2 aliphatic rings. The predicted octanol–water partition coefficient (Wildman–Crippen LogP) is 2.67. The molecule has 2 saturated heterocycles. The van der Waals surface area contributed by atoms with Crippen molar-refractivity contribution in [3.63, 3.8) is 0 Å². The summed E-state index contributed by atoms with van der Waals surface area (Å²) in [7, 11) is 0. The van der Waals surface area contributed by atoms with Crippen molar-refractivity contribution in [3.8, 4) is 0 Å². The molecule has 0 spiro atoms. The van der Waals surface area contributed by atoms with E-state index in [1.54, 1.807) is 0 Å². The first kappa shape index (κ1) is 20.6. The van der Waals surface area contributed by atoms with E-state index >= 15 is 0 Å². The number of ether oxygens (including phenoxy) is 2. The van der Waals surface area contributed by atoms with E-state index in [-0.39, 0.29) is 17.9 Å². The van der Waals surface area contributed by atoms with Crippen LogP contribution in [0.1, 0.15) is 30.9 Å². The Kier molecular flexibility index (Phi) is 6.45. The van der Waals surface area contributed by atoms with E-state index < -0.39 is 18.5 Å². The molecule has 0 saturated carbocycles. The molecule has 30 heavy (non-hydrogen) atoms. The van der Waals surface area contributed by atoms with Gasteiger partial charge in [-0.2, -0.15) is 0 Å². The molecule has 4 atom stereocenters. The molecule has 2 aliphatic heterocycles. The largest absolute Gasteiger partial charge is 0.354 e. The molecule has 6 nitrogen and oxygen atoms in total. The fourth-order valence-electron chi connectivity index (χ4n) is 4.03. The van der Waals surface area contributed by atoms with Crippen molar-refractivity contribution in [3.05, 3.63) is 71.8 Å². The van der Waals surface area contributed by atoms with Gasteiger partial charge < -0.3 is 19.7 Å². The second-order valence-corrected chi connectivity index (χ2v) is 7.84. The molecule has 6 heteroatoms. The lowest BCUT2D eigenvalue weighted by atomic mass is 10.0. The molecule has 2 aromatic rings. The summed E-state index contributed by atoms with van der Waals surface area (Å²) in [6, 6.07) is 19.5. The van der Waals surface area contributed by atoms with E-state index in [4.69, 9.17) is 9.47 Å². The zero-order valence-corrected chi connectivity index (χ0v) is 17.2. The molecule has 2 heterocycles. The third kappa shape index (κ3) is 4.40. The quantitative estimate of drug-likeness (QED) is 0.682. The number of fused-ring (bicyclic) bond motifs is 2. The average Bonchev–Trinajstić information content (AvgIpc) is 3.18. The van der Waals surface area contributed by atoms with Crippen LogP contribution in [0, 0.1) is 0 Å². The Labute approximate surface area is 177 Å². The first-order chi connectivity index (χ1) is 14.7. The van der Waals surface area contributed by atoms with Gasteiger partial charge in [0.15, 0.2) is 18.5 Å². The number of unbranched alkanes of at least 4 members (excludes halogenated alkanes) is 1. The number of nitrogens with one attached hydrogen (secondary N) is 1. The number of hydrogen-bond donors (Lipinski definition) is 1. The Morgan fingerprint density at radius 3 is 2.33 bits per heavy atom. The molecule has 0 radical (unpaired) electrons. The van der Waals surface area contributed by atoms with Crippen molar-refractivity contribution in [2.75, 3.05) is 6.54 Å². The molecule has 2 bridgehead atoms. The lowest BCUT2D eigenvalue weighted by molar-refractivity contribution is -0.177. The van der Waals surface area contributed by atoms with Gasteiger partial charge in [0.2, 0.25) is 0 Å². The Balaban J connectivity index is 1.57. The van der Waals surface area contributed by atoms with E-state index in [0.29, 0.717) is 19.5 Å². The van der Waals surface area contributed by atoms with E-state index in [1.165, 1.54) is 0 Å². The number of amides is 2. The molecule has 2 fully saturated rings. The molecule has 1 N–H and O–H groups in total.